The third-order valence-electron chi connectivity index (χ3n) is 4.72. The zero-order valence-corrected chi connectivity index (χ0v) is 15.1. The summed E-state index contributed by atoms with van der Waals surface area (Å²) in [5.41, 5.74) is 5.32. The summed E-state index contributed by atoms with van der Waals surface area (Å²) in [6, 6.07) is 22.3. The highest BCUT2D eigenvalue weighted by atomic mass is 16.5. The van der Waals surface area contributed by atoms with Crippen molar-refractivity contribution in [2.24, 2.45) is 0 Å². The van der Waals surface area contributed by atoms with E-state index in [9.17, 15) is 4.79 Å². The number of pyridine rings is 1. The molecule has 4 rings (SSSR count). The lowest BCUT2D eigenvalue weighted by molar-refractivity contribution is 0.0600. The van der Waals surface area contributed by atoms with Crippen molar-refractivity contribution in [1.82, 2.24) is 9.55 Å². The van der Waals surface area contributed by atoms with Crippen LogP contribution >= 0.6 is 0 Å². The minimum absolute atomic E-state index is 0.315. The molecule has 4 heteroatoms. The van der Waals surface area contributed by atoms with Gasteiger partial charge in [-0.25, -0.2) is 4.79 Å². The fourth-order valence-electron chi connectivity index (χ4n) is 3.36. The van der Waals surface area contributed by atoms with E-state index in [1.54, 1.807) is 6.20 Å². The van der Waals surface area contributed by atoms with E-state index in [-0.39, 0.29) is 5.97 Å². The van der Waals surface area contributed by atoms with Crippen molar-refractivity contribution in [1.29, 1.82) is 0 Å². The lowest BCUT2D eigenvalue weighted by atomic mass is 10.1. The number of nitrogens with zero attached hydrogens (tertiary/aromatic N) is 2. The van der Waals surface area contributed by atoms with Crippen LogP contribution in [0, 0.1) is 0 Å². The van der Waals surface area contributed by atoms with Crippen molar-refractivity contribution in [2.75, 3.05) is 7.11 Å². The molecule has 0 aliphatic carbocycles. The van der Waals surface area contributed by atoms with Crippen molar-refractivity contribution in [3.63, 3.8) is 0 Å². The van der Waals surface area contributed by atoms with Crippen molar-refractivity contribution in [2.45, 2.75) is 13.0 Å². The van der Waals surface area contributed by atoms with Gasteiger partial charge in [-0.3, -0.25) is 4.98 Å². The van der Waals surface area contributed by atoms with Gasteiger partial charge in [0.05, 0.1) is 12.7 Å². The standard InChI is InChI=1S/C23H20N2O2/c1-27-23(26)19-10-8-17(9-11-19)16-25-21(13-18-5-4-12-24-15-18)14-20-6-2-3-7-22(20)25/h2-12,14-15H,13,16H2,1H3. The molecule has 0 radical (unpaired) electrons. The highest BCUT2D eigenvalue weighted by molar-refractivity contribution is 5.89. The van der Waals surface area contributed by atoms with Crippen LogP contribution in [0.25, 0.3) is 10.9 Å². The molecule has 4 aromatic rings. The van der Waals surface area contributed by atoms with Gasteiger partial charge in [0.1, 0.15) is 0 Å². The molecule has 0 aliphatic heterocycles. The third kappa shape index (κ3) is 3.60. The van der Waals surface area contributed by atoms with E-state index in [0.29, 0.717) is 5.56 Å². The summed E-state index contributed by atoms with van der Waals surface area (Å²) in [5.74, 6) is -0.315. The van der Waals surface area contributed by atoms with Crippen LogP contribution in [0.4, 0.5) is 0 Å². The second-order valence-corrected chi connectivity index (χ2v) is 6.51. The number of esters is 1. The van der Waals surface area contributed by atoms with Crippen LogP contribution in [-0.2, 0) is 17.7 Å². The fourth-order valence-corrected chi connectivity index (χ4v) is 3.36. The van der Waals surface area contributed by atoms with Gasteiger partial charge in [0, 0.05) is 36.6 Å². The van der Waals surface area contributed by atoms with Gasteiger partial charge in [-0.2, -0.15) is 0 Å². The van der Waals surface area contributed by atoms with Crippen molar-refractivity contribution >= 4 is 16.9 Å². The summed E-state index contributed by atoms with van der Waals surface area (Å²) >= 11 is 0. The minimum Gasteiger partial charge on any atom is -0.465 e. The third-order valence-corrected chi connectivity index (χ3v) is 4.72. The molecule has 0 amide bonds. The van der Waals surface area contributed by atoms with Crippen molar-refractivity contribution in [3.8, 4) is 0 Å². The van der Waals surface area contributed by atoms with E-state index in [2.05, 4.69) is 45.9 Å². The van der Waals surface area contributed by atoms with Crippen LogP contribution in [-0.4, -0.2) is 22.6 Å². The maximum atomic E-state index is 11.6. The van der Waals surface area contributed by atoms with E-state index in [4.69, 9.17) is 4.74 Å². The second-order valence-electron chi connectivity index (χ2n) is 6.51. The molecule has 0 spiro atoms. The van der Waals surface area contributed by atoms with Crippen LogP contribution < -0.4 is 0 Å². The monoisotopic (exact) mass is 356 g/mol. The predicted molar refractivity (Wildman–Crippen MR) is 106 cm³/mol. The van der Waals surface area contributed by atoms with E-state index in [0.717, 1.165) is 18.5 Å². The molecular formula is C23H20N2O2. The van der Waals surface area contributed by atoms with Gasteiger partial charge in [-0.1, -0.05) is 36.4 Å². The Labute approximate surface area is 158 Å². The molecule has 0 saturated heterocycles. The summed E-state index contributed by atoms with van der Waals surface area (Å²) in [4.78, 5) is 15.9. The Hall–Kier alpha value is -3.40. The number of aromatic nitrogens is 2. The molecule has 2 aromatic carbocycles. The number of benzene rings is 2. The van der Waals surface area contributed by atoms with E-state index < -0.39 is 0 Å². The zero-order valence-electron chi connectivity index (χ0n) is 15.1. The molecule has 0 saturated carbocycles. The SMILES string of the molecule is COC(=O)c1ccc(Cn2c(Cc3cccnc3)cc3ccccc32)cc1. The first-order valence-corrected chi connectivity index (χ1v) is 8.88. The molecule has 0 fully saturated rings. The van der Waals surface area contributed by atoms with Gasteiger partial charge in [0.25, 0.3) is 0 Å². The van der Waals surface area contributed by atoms with Gasteiger partial charge in [0.2, 0.25) is 0 Å². The largest absolute Gasteiger partial charge is 0.465 e. The first kappa shape index (κ1) is 17.0. The Balaban J connectivity index is 1.69. The number of rotatable bonds is 5. The van der Waals surface area contributed by atoms with Gasteiger partial charge in [-0.15, -0.1) is 0 Å². The summed E-state index contributed by atoms with van der Waals surface area (Å²) in [6.45, 7) is 0.741. The van der Waals surface area contributed by atoms with Crippen molar-refractivity contribution in [3.05, 3.63) is 102 Å². The molecule has 0 N–H and O–H groups in total. The number of hydrogen-bond donors (Lipinski definition) is 0. The van der Waals surface area contributed by atoms with Gasteiger partial charge < -0.3 is 9.30 Å². The van der Waals surface area contributed by atoms with Gasteiger partial charge >= 0.3 is 5.97 Å². The van der Waals surface area contributed by atoms with E-state index in [1.807, 2.05) is 36.5 Å². The van der Waals surface area contributed by atoms with Crippen LogP contribution in [0.5, 0.6) is 0 Å². The van der Waals surface area contributed by atoms with Gasteiger partial charge in [0.15, 0.2) is 0 Å². The fraction of sp³-hybridized carbons (Fsp3) is 0.130. The molecule has 0 unspecified atom stereocenters. The topological polar surface area (TPSA) is 44.1 Å². The molecule has 2 aromatic heterocycles. The Kier molecular flexibility index (Phi) is 4.71. The molecule has 134 valence electrons. The average Bonchev–Trinajstić information content (AvgIpc) is 3.06. The Bertz CT molecular complexity index is 1070. The van der Waals surface area contributed by atoms with Crippen LogP contribution in [0.2, 0.25) is 0 Å². The van der Waals surface area contributed by atoms with Crippen LogP contribution in [0.15, 0.2) is 79.1 Å². The summed E-state index contributed by atoms with van der Waals surface area (Å²) < 4.78 is 7.10. The number of carbonyl (C=O) groups excluding carboxylic acids is 1. The Morgan fingerprint density at radius 1 is 1.00 bits per heavy atom. The highest BCUT2D eigenvalue weighted by Gasteiger charge is 2.11. The molecule has 0 aliphatic rings. The number of ether oxygens (including phenoxy) is 1. The number of carbonyl (C=O) groups is 1. The quantitative estimate of drug-likeness (QED) is 0.496. The summed E-state index contributed by atoms with van der Waals surface area (Å²) in [6.07, 6.45) is 4.53. The maximum absolute atomic E-state index is 11.6. The average molecular weight is 356 g/mol. The first-order chi connectivity index (χ1) is 13.2. The minimum atomic E-state index is -0.315. The molecule has 4 nitrogen and oxygen atoms in total. The zero-order chi connectivity index (χ0) is 18.6. The highest BCUT2D eigenvalue weighted by Crippen LogP contribution is 2.23. The summed E-state index contributed by atoms with van der Waals surface area (Å²) in [5, 5.41) is 1.22. The number of para-hydroxylation sites is 1. The molecule has 27 heavy (non-hydrogen) atoms. The maximum Gasteiger partial charge on any atom is 0.337 e. The number of methoxy groups -OCH3 is 1. The van der Waals surface area contributed by atoms with E-state index >= 15 is 0 Å². The Morgan fingerprint density at radius 3 is 2.56 bits per heavy atom. The van der Waals surface area contributed by atoms with Crippen LogP contribution in [0.3, 0.4) is 0 Å². The molecule has 0 atom stereocenters. The summed E-state index contributed by atoms with van der Waals surface area (Å²) in [7, 11) is 1.40. The predicted octanol–water partition coefficient (Wildman–Crippen LogP) is 4.46. The lowest BCUT2D eigenvalue weighted by Gasteiger charge is -2.12. The van der Waals surface area contributed by atoms with Crippen LogP contribution in [0.1, 0.15) is 27.2 Å². The number of hydrogen-bond acceptors (Lipinski definition) is 3. The molecule has 0 bridgehead atoms. The Morgan fingerprint density at radius 2 is 1.81 bits per heavy atom. The number of fused-ring (bicyclic) bond motifs is 1. The molecular weight excluding hydrogens is 336 g/mol. The lowest BCUT2D eigenvalue weighted by Crippen LogP contribution is -2.06. The first-order valence-electron chi connectivity index (χ1n) is 8.88. The molecule has 2 heterocycles. The normalized spacial score (nSPS) is 10.9. The van der Waals surface area contributed by atoms with Crippen molar-refractivity contribution < 1.29 is 9.53 Å². The smallest absolute Gasteiger partial charge is 0.337 e. The van der Waals surface area contributed by atoms with Gasteiger partial charge in [-0.05, 0) is 46.8 Å². The second kappa shape index (κ2) is 7.46. The van der Waals surface area contributed by atoms with E-state index in [1.165, 1.54) is 29.3 Å².